The van der Waals surface area contributed by atoms with Crippen LogP contribution in [-0.2, 0) is 0 Å². The number of thiophene rings is 1. The molecule has 0 N–H and O–H groups in total. The SMILES string of the molecule is Cc1ccc(-c2ccc(C(=O)Cl)cc2)s1. The van der Waals surface area contributed by atoms with Gasteiger partial charge in [-0.2, -0.15) is 0 Å². The first-order valence-corrected chi connectivity index (χ1v) is 5.73. The molecule has 1 aromatic carbocycles. The summed E-state index contributed by atoms with van der Waals surface area (Å²) in [6, 6.07) is 11.5. The fourth-order valence-corrected chi connectivity index (χ4v) is 2.35. The number of carbonyl (C=O) groups excluding carboxylic acids is 1. The van der Waals surface area contributed by atoms with Crippen LogP contribution in [0.5, 0.6) is 0 Å². The minimum atomic E-state index is -0.413. The molecular formula is C12H9ClOS. The predicted octanol–water partition coefficient (Wildman–Crippen LogP) is 4.10. The molecule has 0 fully saturated rings. The van der Waals surface area contributed by atoms with Crippen LogP contribution in [0.15, 0.2) is 36.4 Å². The maximum Gasteiger partial charge on any atom is 0.252 e. The largest absolute Gasteiger partial charge is 0.276 e. The molecule has 0 aliphatic carbocycles. The average molecular weight is 237 g/mol. The maximum atomic E-state index is 10.9. The Hall–Kier alpha value is -1.12. The van der Waals surface area contributed by atoms with Gasteiger partial charge in [0.05, 0.1) is 0 Å². The molecule has 0 atom stereocenters. The third-order valence-corrected chi connectivity index (χ3v) is 3.40. The number of aryl methyl sites for hydroxylation is 1. The van der Waals surface area contributed by atoms with E-state index in [-0.39, 0.29) is 0 Å². The first-order valence-electron chi connectivity index (χ1n) is 4.53. The zero-order chi connectivity index (χ0) is 10.8. The van der Waals surface area contributed by atoms with Crippen molar-refractivity contribution in [3.8, 4) is 10.4 Å². The average Bonchev–Trinajstić information content (AvgIpc) is 2.65. The Bertz CT molecular complexity index is 485. The van der Waals surface area contributed by atoms with Gasteiger partial charge in [-0.15, -0.1) is 11.3 Å². The van der Waals surface area contributed by atoms with Crippen molar-refractivity contribution in [2.24, 2.45) is 0 Å². The molecular weight excluding hydrogens is 228 g/mol. The van der Waals surface area contributed by atoms with Gasteiger partial charge in [-0.25, -0.2) is 0 Å². The molecule has 3 heteroatoms. The van der Waals surface area contributed by atoms with Crippen molar-refractivity contribution in [3.05, 3.63) is 46.8 Å². The lowest BCUT2D eigenvalue weighted by molar-refractivity contribution is 0.108. The third kappa shape index (κ3) is 2.28. The van der Waals surface area contributed by atoms with Crippen LogP contribution in [0.2, 0.25) is 0 Å². The van der Waals surface area contributed by atoms with Gasteiger partial charge in [-0.1, -0.05) is 12.1 Å². The van der Waals surface area contributed by atoms with E-state index in [0.29, 0.717) is 5.56 Å². The molecule has 0 bridgehead atoms. The van der Waals surface area contributed by atoms with Gasteiger partial charge in [0.2, 0.25) is 0 Å². The summed E-state index contributed by atoms with van der Waals surface area (Å²) in [5.41, 5.74) is 1.66. The smallest absolute Gasteiger partial charge is 0.252 e. The molecule has 1 heterocycles. The standard InChI is InChI=1S/C12H9ClOS/c1-8-2-7-11(15-8)9-3-5-10(6-4-9)12(13)14/h2-7H,1H3. The Kier molecular flexibility index (Phi) is 2.89. The Balaban J connectivity index is 2.35. The van der Waals surface area contributed by atoms with E-state index in [2.05, 4.69) is 19.1 Å². The molecule has 76 valence electrons. The highest BCUT2D eigenvalue weighted by Crippen LogP contribution is 2.27. The molecule has 2 aromatic rings. The van der Waals surface area contributed by atoms with E-state index >= 15 is 0 Å². The minimum absolute atomic E-state index is 0.413. The van der Waals surface area contributed by atoms with Gasteiger partial charge in [0.1, 0.15) is 0 Å². The molecule has 0 saturated carbocycles. The van der Waals surface area contributed by atoms with Crippen LogP contribution >= 0.6 is 22.9 Å². The predicted molar refractivity (Wildman–Crippen MR) is 64.7 cm³/mol. The molecule has 0 radical (unpaired) electrons. The van der Waals surface area contributed by atoms with Crippen LogP contribution in [-0.4, -0.2) is 5.24 Å². The van der Waals surface area contributed by atoms with E-state index in [1.807, 2.05) is 12.1 Å². The van der Waals surface area contributed by atoms with Crippen molar-refractivity contribution in [2.45, 2.75) is 6.92 Å². The summed E-state index contributed by atoms with van der Waals surface area (Å²) in [7, 11) is 0. The van der Waals surface area contributed by atoms with Gasteiger partial charge < -0.3 is 0 Å². The monoisotopic (exact) mass is 236 g/mol. The van der Waals surface area contributed by atoms with E-state index in [9.17, 15) is 4.79 Å². The number of benzene rings is 1. The van der Waals surface area contributed by atoms with Crippen molar-refractivity contribution in [1.82, 2.24) is 0 Å². The van der Waals surface area contributed by atoms with Gasteiger partial charge in [0.25, 0.3) is 5.24 Å². The number of carbonyl (C=O) groups is 1. The molecule has 1 nitrogen and oxygen atoms in total. The fraction of sp³-hybridized carbons (Fsp3) is 0.0833. The van der Waals surface area contributed by atoms with E-state index in [1.54, 1.807) is 23.5 Å². The first kappa shape index (κ1) is 10.4. The summed E-state index contributed by atoms with van der Waals surface area (Å²) in [5.74, 6) is 0. The van der Waals surface area contributed by atoms with E-state index < -0.39 is 5.24 Å². The van der Waals surface area contributed by atoms with Crippen LogP contribution < -0.4 is 0 Å². The number of halogens is 1. The van der Waals surface area contributed by atoms with Gasteiger partial charge in [0, 0.05) is 15.3 Å². The summed E-state index contributed by atoms with van der Waals surface area (Å²) in [6.07, 6.45) is 0. The lowest BCUT2D eigenvalue weighted by Crippen LogP contribution is -1.86. The van der Waals surface area contributed by atoms with Gasteiger partial charge >= 0.3 is 0 Å². The fourth-order valence-electron chi connectivity index (χ4n) is 1.36. The molecule has 2 rings (SSSR count). The summed E-state index contributed by atoms with van der Waals surface area (Å²) >= 11 is 7.11. The second-order valence-corrected chi connectivity index (χ2v) is 4.89. The first-order chi connectivity index (χ1) is 7.16. The lowest BCUT2D eigenvalue weighted by Gasteiger charge is -1.98. The van der Waals surface area contributed by atoms with E-state index in [1.165, 1.54) is 9.75 Å². The van der Waals surface area contributed by atoms with Gasteiger partial charge in [-0.3, -0.25) is 4.79 Å². The Morgan fingerprint density at radius 1 is 1.13 bits per heavy atom. The summed E-state index contributed by atoms with van der Waals surface area (Å²) < 4.78 is 0. The van der Waals surface area contributed by atoms with Gasteiger partial charge in [-0.05, 0) is 48.4 Å². The summed E-state index contributed by atoms with van der Waals surface area (Å²) in [6.45, 7) is 2.07. The Morgan fingerprint density at radius 2 is 1.80 bits per heavy atom. The quantitative estimate of drug-likeness (QED) is 0.718. The maximum absolute atomic E-state index is 10.9. The number of rotatable bonds is 2. The van der Waals surface area contributed by atoms with Crippen molar-refractivity contribution in [2.75, 3.05) is 0 Å². The molecule has 0 saturated heterocycles. The second-order valence-electron chi connectivity index (χ2n) is 3.26. The van der Waals surface area contributed by atoms with Crippen molar-refractivity contribution < 1.29 is 4.79 Å². The molecule has 1 aromatic heterocycles. The van der Waals surface area contributed by atoms with E-state index in [0.717, 1.165) is 5.56 Å². The molecule has 0 aliphatic rings. The van der Waals surface area contributed by atoms with Crippen molar-refractivity contribution >= 4 is 28.2 Å². The highest BCUT2D eigenvalue weighted by atomic mass is 35.5. The third-order valence-electron chi connectivity index (χ3n) is 2.14. The van der Waals surface area contributed by atoms with Crippen molar-refractivity contribution in [1.29, 1.82) is 0 Å². The van der Waals surface area contributed by atoms with Crippen molar-refractivity contribution in [3.63, 3.8) is 0 Å². The van der Waals surface area contributed by atoms with Crippen LogP contribution in [0.4, 0.5) is 0 Å². The molecule has 0 aliphatic heterocycles. The molecule has 0 spiro atoms. The number of hydrogen-bond donors (Lipinski definition) is 0. The Morgan fingerprint density at radius 3 is 2.27 bits per heavy atom. The normalized spacial score (nSPS) is 10.3. The summed E-state index contributed by atoms with van der Waals surface area (Å²) in [5, 5.41) is -0.413. The lowest BCUT2D eigenvalue weighted by atomic mass is 10.1. The van der Waals surface area contributed by atoms with Crippen LogP contribution in [0.1, 0.15) is 15.2 Å². The molecule has 0 amide bonds. The topological polar surface area (TPSA) is 17.1 Å². The minimum Gasteiger partial charge on any atom is -0.276 e. The zero-order valence-electron chi connectivity index (χ0n) is 8.16. The van der Waals surface area contributed by atoms with Crippen LogP contribution in [0.25, 0.3) is 10.4 Å². The molecule has 0 unspecified atom stereocenters. The van der Waals surface area contributed by atoms with Crippen LogP contribution in [0.3, 0.4) is 0 Å². The van der Waals surface area contributed by atoms with E-state index in [4.69, 9.17) is 11.6 Å². The Labute approximate surface area is 97.3 Å². The highest BCUT2D eigenvalue weighted by molar-refractivity contribution is 7.15. The van der Waals surface area contributed by atoms with Gasteiger partial charge in [0.15, 0.2) is 0 Å². The molecule has 15 heavy (non-hydrogen) atoms. The summed E-state index contributed by atoms with van der Waals surface area (Å²) in [4.78, 5) is 13.4. The number of hydrogen-bond acceptors (Lipinski definition) is 2. The zero-order valence-corrected chi connectivity index (χ0v) is 9.73. The second kappa shape index (κ2) is 4.17. The van der Waals surface area contributed by atoms with Crippen LogP contribution in [0, 0.1) is 6.92 Å². The highest BCUT2D eigenvalue weighted by Gasteiger charge is 2.03.